The van der Waals surface area contributed by atoms with E-state index in [0.29, 0.717) is 9.78 Å². The van der Waals surface area contributed by atoms with Crippen molar-refractivity contribution in [2.75, 3.05) is 0 Å². The summed E-state index contributed by atoms with van der Waals surface area (Å²) in [5.74, 6) is 1.07. The lowest BCUT2D eigenvalue weighted by atomic mass is 10.1. The first kappa shape index (κ1) is 16.2. The molecule has 18 heavy (non-hydrogen) atoms. The molecule has 4 heteroatoms. The van der Waals surface area contributed by atoms with Crippen LogP contribution in [0.15, 0.2) is 12.4 Å². The molecule has 0 radical (unpaired) electrons. The molecule has 0 aliphatic heterocycles. The van der Waals surface area contributed by atoms with Crippen LogP contribution in [0.25, 0.3) is 0 Å². The molecule has 0 saturated carbocycles. The van der Waals surface area contributed by atoms with Gasteiger partial charge >= 0.3 is 0 Å². The van der Waals surface area contributed by atoms with Crippen molar-refractivity contribution in [1.29, 1.82) is 0 Å². The fraction of sp³-hybridized carbons (Fsp3) is 0.786. The zero-order valence-corrected chi connectivity index (χ0v) is 14.6. The van der Waals surface area contributed by atoms with Crippen molar-refractivity contribution in [3.63, 3.8) is 0 Å². The van der Waals surface area contributed by atoms with Crippen LogP contribution in [0.4, 0.5) is 0 Å². The molecule has 0 spiro atoms. The highest BCUT2D eigenvalue weighted by atomic mass is 79.9. The van der Waals surface area contributed by atoms with Crippen LogP contribution in [-0.4, -0.2) is 14.4 Å². The molecule has 0 saturated heterocycles. The van der Waals surface area contributed by atoms with Crippen LogP contribution in [0.5, 0.6) is 0 Å². The standard InChI is InChI=1S/C14H24Br2N2/c1-3-4-5-6-7-8-13(15)11-14(16)18-10-9-17-12(18)2/h9-10,13-14H,3-8,11H2,1-2H3. The van der Waals surface area contributed by atoms with Gasteiger partial charge in [0.25, 0.3) is 0 Å². The number of aromatic nitrogens is 2. The summed E-state index contributed by atoms with van der Waals surface area (Å²) in [6.07, 6.45) is 13.0. The minimum absolute atomic E-state index is 0.347. The number of hydrogen-bond donors (Lipinski definition) is 0. The minimum Gasteiger partial charge on any atom is -0.322 e. The second-order valence-electron chi connectivity index (χ2n) is 4.85. The molecule has 0 aliphatic carbocycles. The van der Waals surface area contributed by atoms with E-state index in [1.54, 1.807) is 0 Å². The molecule has 2 nitrogen and oxygen atoms in total. The van der Waals surface area contributed by atoms with E-state index in [0.717, 1.165) is 12.2 Å². The minimum atomic E-state index is 0.347. The van der Waals surface area contributed by atoms with Gasteiger partial charge in [-0.15, -0.1) is 0 Å². The summed E-state index contributed by atoms with van der Waals surface area (Å²) in [6, 6.07) is 0. The number of imidazole rings is 1. The van der Waals surface area contributed by atoms with Crippen molar-refractivity contribution in [3.8, 4) is 0 Å². The molecule has 0 aromatic carbocycles. The Morgan fingerprint density at radius 3 is 2.56 bits per heavy atom. The van der Waals surface area contributed by atoms with Crippen molar-refractivity contribution in [2.45, 2.75) is 68.6 Å². The van der Waals surface area contributed by atoms with Gasteiger partial charge in [0.2, 0.25) is 0 Å². The van der Waals surface area contributed by atoms with Gasteiger partial charge in [0.15, 0.2) is 0 Å². The number of unbranched alkanes of at least 4 members (excludes halogenated alkanes) is 4. The van der Waals surface area contributed by atoms with Crippen LogP contribution >= 0.6 is 31.9 Å². The second-order valence-corrected chi connectivity index (χ2v) is 7.20. The summed E-state index contributed by atoms with van der Waals surface area (Å²) in [6.45, 7) is 4.30. The Labute approximate surface area is 128 Å². The number of hydrogen-bond acceptors (Lipinski definition) is 1. The van der Waals surface area contributed by atoms with Gasteiger partial charge in [-0.1, -0.05) is 70.9 Å². The highest BCUT2D eigenvalue weighted by molar-refractivity contribution is 9.10. The van der Waals surface area contributed by atoms with Crippen LogP contribution in [0.3, 0.4) is 0 Å². The lowest BCUT2D eigenvalue weighted by molar-refractivity contribution is 0.550. The van der Waals surface area contributed by atoms with Gasteiger partial charge < -0.3 is 4.57 Å². The molecule has 1 aromatic heterocycles. The summed E-state index contributed by atoms with van der Waals surface area (Å²) in [5.41, 5.74) is 0. The molecule has 0 N–H and O–H groups in total. The highest BCUT2D eigenvalue weighted by Crippen LogP contribution is 2.28. The van der Waals surface area contributed by atoms with Gasteiger partial charge in [-0.3, -0.25) is 0 Å². The predicted molar refractivity (Wildman–Crippen MR) is 85.6 cm³/mol. The van der Waals surface area contributed by atoms with E-state index in [9.17, 15) is 0 Å². The van der Waals surface area contributed by atoms with Gasteiger partial charge in [-0.05, 0) is 19.8 Å². The molecule has 1 aromatic rings. The summed E-state index contributed by atoms with van der Waals surface area (Å²) in [5, 5.41) is 0. The summed E-state index contributed by atoms with van der Waals surface area (Å²) < 4.78 is 2.19. The molecule has 2 unspecified atom stereocenters. The van der Waals surface area contributed by atoms with Gasteiger partial charge in [0, 0.05) is 17.2 Å². The molecule has 1 rings (SSSR count). The lowest BCUT2D eigenvalue weighted by Gasteiger charge is -2.17. The van der Waals surface area contributed by atoms with E-state index >= 15 is 0 Å². The van der Waals surface area contributed by atoms with Crippen molar-refractivity contribution in [1.82, 2.24) is 9.55 Å². The third-order valence-corrected chi connectivity index (χ3v) is 4.88. The van der Waals surface area contributed by atoms with Crippen LogP contribution in [0.2, 0.25) is 0 Å². The largest absolute Gasteiger partial charge is 0.322 e. The number of rotatable bonds is 9. The molecule has 1 heterocycles. The highest BCUT2D eigenvalue weighted by Gasteiger charge is 2.14. The summed E-state index contributed by atoms with van der Waals surface area (Å²) >= 11 is 7.54. The number of halogens is 2. The van der Waals surface area contributed by atoms with Crippen molar-refractivity contribution in [3.05, 3.63) is 18.2 Å². The lowest BCUT2D eigenvalue weighted by Crippen LogP contribution is -2.09. The smallest absolute Gasteiger partial charge is 0.106 e. The molecular weight excluding hydrogens is 356 g/mol. The molecule has 0 bridgehead atoms. The normalized spacial score (nSPS) is 14.7. The van der Waals surface area contributed by atoms with Crippen LogP contribution in [0, 0.1) is 6.92 Å². The van der Waals surface area contributed by atoms with E-state index in [4.69, 9.17) is 0 Å². The average Bonchev–Trinajstić information content (AvgIpc) is 2.75. The Morgan fingerprint density at radius 1 is 1.22 bits per heavy atom. The van der Waals surface area contributed by atoms with E-state index in [-0.39, 0.29) is 0 Å². The van der Waals surface area contributed by atoms with Gasteiger partial charge in [-0.2, -0.15) is 0 Å². The fourth-order valence-corrected chi connectivity index (χ4v) is 4.16. The third kappa shape index (κ3) is 5.87. The third-order valence-electron chi connectivity index (χ3n) is 3.24. The molecule has 2 atom stereocenters. The first-order chi connectivity index (χ1) is 8.65. The second kappa shape index (κ2) is 9.13. The Kier molecular flexibility index (Phi) is 8.23. The quantitative estimate of drug-likeness (QED) is 0.403. The first-order valence-corrected chi connectivity index (χ1v) is 8.75. The Morgan fingerprint density at radius 2 is 1.94 bits per heavy atom. The van der Waals surface area contributed by atoms with Crippen molar-refractivity contribution < 1.29 is 0 Å². The van der Waals surface area contributed by atoms with E-state index in [2.05, 4.69) is 48.3 Å². The molecular formula is C14H24Br2N2. The number of alkyl halides is 2. The Bertz CT molecular complexity index is 325. The molecule has 104 valence electrons. The zero-order chi connectivity index (χ0) is 13.4. The summed E-state index contributed by atoms with van der Waals surface area (Å²) in [7, 11) is 0. The molecule has 0 amide bonds. The average molecular weight is 380 g/mol. The van der Waals surface area contributed by atoms with Gasteiger partial charge in [0.1, 0.15) is 5.82 Å². The SMILES string of the molecule is CCCCCCCC(Br)CC(Br)n1ccnc1C. The maximum atomic E-state index is 4.26. The molecule has 0 fully saturated rings. The van der Waals surface area contributed by atoms with E-state index in [1.807, 2.05) is 19.3 Å². The van der Waals surface area contributed by atoms with Crippen LogP contribution in [0.1, 0.15) is 62.6 Å². The maximum Gasteiger partial charge on any atom is 0.106 e. The molecule has 0 aliphatic rings. The Hall–Kier alpha value is 0.170. The number of aryl methyl sites for hydroxylation is 1. The van der Waals surface area contributed by atoms with Gasteiger partial charge in [-0.25, -0.2) is 4.98 Å². The topological polar surface area (TPSA) is 17.8 Å². The van der Waals surface area contributed by atoms with E-state index in [1.165, 1.54) is 38.5 Å². The monoisotopic (exact) mass is 378 g/mol. The zero-order valence-electron chi connectivity index (χ0n) is 11.4. The maximum absolute atomic E-state index is 4.26. The summed E-state index contributed by atoms with van der Waals surface area (Å²) in [4.78, 5) is 5.19. The number of nitrogens with zero attached hydrogens (tertiary/aromatic N) is 2. The van der Waals surface area contributed by atoms with Crippen LogP contribution < -0.4 is 0 Å². The van der Waals surface area contributed by atoms with Gasteiger partial charge in [0.05, 0.1) is 4.95 Å². The first-order valence-electron chi connectivity index (χ1n) is 6.92. The van der Waals surface area contributed by atoms with Crippen molar-refractivity contribution >= 4 is 31.9 Å². The van der Waals surface area contributed by atoms with E-state index < -0.39 is 0 Å². The van der Waals surface area contributed by atoms with Crippen LogP contribution in [-0.2, 0) is 0 Å². The van der Waals surface area contributed by atoms with Crippen molar-refractivity contribution in [2.24, 2.45) is 0 Å². The fourth-order valence-electron chi connectivity index (χ4n) is 2.10. The predicted octanol–water partition coefficient (Wildman–Crippen LogP) is 5.60. The Balaban J connectivity index is 2.19.